The molecule has 0 fully saturated rings. The molecule has 0 aliphatic rings. The summed E-state index contributed by atoms with van der Waals surface area (Å²) in [6, 6.07) is 4.24. The van der Waals surface area contributed by atoms with Gasteiger partial charge in [-0.3, -0.25) is 10.1 Å². The average molecular weight is 352 g/mol. The first-order valence-electron chi connectivity index (χ1n) is 7.67. The van der Waals surface area contributed by atoms with Crippen molar-refractivity contribution in [2.45, 2.75) is 26.4 Å². The van der Waals surface area contributed by atoms with Gasteiger partial charge in [-0.1, -0.05) is 0 Å². The summed E-state index contributed by atoms with van der Waals surface area (Å²) in [7, 11) is 2.76. The van der Waals surface area contributed by atoms with E-state index in [1.165, 1.54) is 32.4 Å². The van der Waals surface area contributed by atoms with Gasteiger partial charge in [0.25, 0.3) is 5.91 Å². The first-order valence-corrected chi connectivity index (χ1v) is 7.67. The Morgan fingerprint density at radius 2 is 1.80 bits per heavy atom. The molecular weight excluding hydrogens is 328 g/mol. The first kappa shape index (κ1) is 20.4. The fourth-order valence-electron chi connectivity index (χ4n) is 1.86. The summed E-state index contributed by atoms with van der Waals surface area (Å²) in [5.41, 5.74) is -0.160. The summed E-state index contributed by atoms with van der Waals surface area (Å²) in [6.07, 6.45) is -0.704. The second-order valence-electron chi connectivity index (χ2n) is 6.13. The highest BCUT2D eigenvalue weighted by Crippen LogP contribution is 2.20. The van der Waals surface area contributed by atoms with Gasteiger partial charge >= 0.3 is 12.1 Å². The molecule has 0 aromatic heterocycles. The number of nitrogens with one attached hydrogen (secondary N) is 2. The topological polar surface area (TPSA) is 103 Å². The van der Waals surface area contributed by atoms with Crippen LogP contribution in [0.3, 0.4) is 0 Å². The number of hydrogen-bond acceptors (Lipinski definition) is 6. The van der Waals surface area contributed by atoms with Gasteiger partial charge in [0.1, 0.15) is 5.60 Å². The van der Waals surface area contributed by atoms with Gasteiger partial charge in [-0.25, -0.2) is 9.59 Å². The van der Waals surface area contributed by atoms with Gasteiger partial charge in [0.05, 0.1) is 30.5 Å². The number of ether oxygens (including phenoxy) is 3. The van der Waals surface area contributed by atoms with E-state index in [-0.39, 0.29) is 23.4 Å². The fourth-order valence-corrected chi connectivity index (χ4v) is 1.86. The van der Waals surface area contributed by atoms with Crippen LogP contribution in [0.5, 0.6) is 0 Å². The Labute approximate surface area is 146 Å². The molecule has 138 valence electrons. The minimum absolute atomic E-state index is 0.116. The summed E-state index contributed by atoms with van der Waals surface area (Å²) in [5.74, 6) is -1.05. The van der Waals surface area contributed by atoms with E-state index >= 15 is 0 Å². The lowest BCUT2D eigenvalue weighted by molar-refractivity contribution is 0.0599. The molecule has 8 nitrogen and oxygen atoms in total. The highest BCUT2D eigenvalue weighted by Gasteiger charge is 2.20. The Hall–Kier alpha value is -2.61. The van der Waals surface area contributed by atoms with Crippen LogP contribution in [0.25, 0.3) is 0 Å². The molecule has 1 rings (SSSR count). The van der Waals surface area contributed by atoms with Gasteiger partial charge < -0.3 is 19.5 Å². The van der Waals surface area contributed by atoms with Gasteiger partial charge in [-0.15, -0.1) is 0 Å². The molecule has 0 aliphatic carbocycles. The van der Waals surface area contributed by atoms with Crippen molar-refractivity contribution < 1.29 is 28.6 Å². The Kier molecular flexibility index (Phi) is 7.38. The molecule has 0 unspecified atom stereocenters. The lowest BCUT2D eigenvalue weighted by atomic mass is 10.1. The Morgan fingerprint density at radius 3 is 2.36 bits per heavy atom. The Balaban J connectivity index is 3.07. The van der Waals surface area contributed by atoms with E-state index < -0.39 is 23.6 Å². The van der Waals surface area contributed by atoms with E-state index in [1.54, 1.807) is 20.8 Å². The number of anilines is 1. The number of benzene rings is 1. The molecule has 25 heavy (non-hydrogen) atoms. The number of methoxy groups -OCH3 is 2. The highest BCUT2D eigenvalue weighted by atomic mass is 16.6. The van der Waals surface area contributed by atoms with E-state index in [4.69, 9.17) is 9.47 Å². The lowest BCUT2D eigenvalue weighted by Gasteiger charge is -2.20. The third kappa shape index (κ3) is 6.80. The zero-order chi connectivity index (χ0) is 19.0. The van der Waals surface area contributed by atoms with Gasteiger partial charge in [0.2, 0.25) is 0 Å². The summed E-state index contributed by atoms with van der Waals surface area (Å²) in [5, 5.41) is 5.15. The number of amides is 2. The molecule has 1 aromatic carbocycles. The van der Waals surface area contributed by atoms with Crippen molar-refractivity contribution in [3.05, 3.63) is 29.3 Å². The average Bonchev–Trinajstić information content (AvgIpc) is 2.52. The third-order valence-electron chi connectivity index (χ3n) is 2.91. The molecule has 0 saturated heterocycles. The number of hydrogen-bond donors (Lipinski definition) is 2. The summed E-state index contributed by atoms with van der Waals surface area (Å²) >= 11 is 0. The number of rotatable bonds is 6. The van der Waals surface area contributed by atoms with Crippen LogP contribution < -0.4 is 10.6 Å². The zero-order valence-electron chi connectivity index (χ0n) is 15.1. The highest BCUT2D eigenvalue weighted by molar-refractivity contribution is 6.04. The van der Waals surface area contributed by atoms with Crippen LogP contribution in [0.1, 0.15) is 41.5 Å². The summed E-state index contributed by atoms with van der Waals surface area (Å²) in [4.78, 5) is 36.0. The molecule has 0 bridgehead atoms. The molecule has 8 heteroatoms. The zero-order valence-corrected chi connectivity index (χ0v) is 15.1. The van der Waals surface area contributed by atoms with Crippen molar-refractivity contribution in [1.82, 2.24) is 5.32 Å². The minimum atomic E-state index is -0.704. The van der Waals surface area contributed by atoms with Crippen LogP contribution >= 0.6 is 0 Å². The SMILES string of the molecule is COCCNC(=O)c1cc(C(=O)OC)ccc1NC(=O)OC(C)(C)C. The molecule has 0 heterocycles. The summed E-state index contributed by atoms with van der Waals surface area (Å²) < 4.78 is 14.7. The smallest absolute Gasteiger partial charge is 0.412 e. The van der Waals surface area contributed by atoms with E-state index in [9.17, 15) is 14.4 Å². The normalized spacial score (nSPS) is 10.8. The Morgan fingerprint density at radius 1 is 1.12 bits per heavy atom. The summed E-state index contributed by atoms with van der Waals surface area (Å²) in [6.45, 7) is 5.79. The monoisotopic (exact) mass is 352 g/mol. The van der Waals surface area contributed by atoms with E-state index in [2.05, 4.69) is 15.4 Å². The van der Waals surface area contributed by atoms with Crippen LogP contribution in [0.15, 0.2) is 18.2 Å². The second-order valence-corrected chi connectivity index (χ2v) is 6.13. The van der Waals surface area contributed by atoms with E-state index in [0.717, 1.165) is 0 Å². The van der Waals surface area contributed by atoms with Crippen molar-refractivity contribution in [3.8, 4) is 0 Å². The van der Waals surface area contributed by atoms with Gasteiger partial charge in [-0.2, -0.15) is 0 Å². The van der Waals surface area contributed by atoms with Gasteiger partial charge in [-0.05, 0) is 39.0 Å². The number of carbonyl (C=O) groups is 3. The predicted octanol–water partition coefficient (Wildman–Crippen LogP) is 2.20. The third-order valence-corrected chi connectivity index (χ3v) is 2.91. The molecule has 2 amide bonds. The maximum absolute atomic E-state index is 12.4. The maximum Gasteiger partial charge on any atom is 0.412 e. The fraction of sp³-hybridized carbons (Fsp3) is 0.471. The largest absolute Gasteiger partial charge is 0.465 e. The maximum atomic E-state index is 12.4. The van der Waals surface area contributed by atoms with Crippen LogP contribution in [0.2, 0.25) is 0 Å². The van der Waals surface area contributed by atoms with E-state index in [0.29, 0.717) is 6.61 Å². The van der Waals surface area contributed by atoms with Crippen molar-refractivity contribution in [1.29, 1.82) is 0 Å². The standard InChI is InChI=1S/C17H24N2O6/c1-17(2,3)25-16(22)19-13-7-6-11(15(21)24-5)10-12(13)14(20)18-8-9-23-4/h6-7,10H,8-9H2,1-5H3,(H,18,20)(H,19,22). The number of carbonyl (C=O) groups excluding carboxylic acids is 3. The van der Waals surface area contributed by atoms with Crippen molar-refractivity contribution in [2.75, 3.05) is 32.7 Å². The quantitative estimate of drug-likeness (QED) is 0.601. The van der Waals surface area contributed by atoms with Gasteiger partial charge in [0, 0.05) is 13.7 Å². The van der Waals surface area contributed by atoms with Gasteiger partial charge in [0.15, 0.2) is 0 Å². The number of esters is 1. The molecule has 0 spiro atoms. The van der Waals surface area contributed by atoms with Crippen molar-refractivity contribution in [2.24, 2.45) is 0 Å². The molecule has 0 atom stereocenters. The Bertz CT molecular complexity index is 637. The van der Waals surface area contributed by atoms with Crippen LogP contribution in [-0.2, 0) is 14.2 Å². The molecule has 1 aromatic rings. The molecule has 0 aliphatic heterocycles. The van der Waals surface area contributed by atoms with Crippen molar-refractivity contribution in [3.63, 3.8) is 0 Å². The van der Waals surface area contributed by atoms with Crippen LogP contribution in [0, 0.1) is 0 Å². The van der Waals surface area contributed by atoms with E-state index in [1.807, 2.05) is 0 Å². The molecular formula is C17H24N2O6. The van der Waals surface area contributed by atoms with Crippen LogP contribution in [-0.4, -0.2) is 50.9 Å². The molecule has 0 radical (unpaired) electrons. The predicted molar refractivity (Wildman–Crippen MR) is 91.8 cm³/mol. The minimum Gasteiger partial charge on any atom is -0.465 e. The molecule has 0 saturated carbocycles. The lowest BCUT2D eigenvalue weighted by Crippen LogP contribution is -2.30. The van der Waals surface area contributed by atoms with Crippen LogP contribution in [0.4, 0.5) is 10.5 Å². The van der Waals surface area contributed by atoms with Crippen molar-refractivity contribution >= 4 is 23.7 Å². The first-order chi connectivity index (χ1) is 11.7. The second kappa shape index (κ2) is 9.03. The molecule has 2 N–H and O–H groups in total.